The molecular weight excluding hydrogens is 356 g/mol. The van der Waals surface area contributed by atoms with Crippen LogP contribution in [-0.2, 0) is 9.47 Å². The van der Waals surface area contributed by atoms with Gasteiger partial charge in [-0.05, 0) is 25.1 Å². The predicted octanol–water partition coefficient (Wildman–Crippen LogP) is 1.86. The van der Waals surface area contributed by atoms with E-state index in [1.165, 1.54) is 11.8 Å². The fourth-order valence-corrected chi connectivity index (χ4v) is 3.47. The molecule has 0 aromatic heterocycles. The van der Waals surface area contributed by atoms with Crippen molar-refractivity contribution < 1.29 is 14.6 Å². The second-order valence-electron chi connectivity index (χ2n) is 4.75. The summed E-state index contributed by atoms with van der Waals surface area (Å²) < 4.78 is 12.0. The van der Waals surface area contributed by atoms with E-state index in [2.05, 4.69) is 22.0 Å². The summed E-state index contributed by atoms with van der Waals surface area (Å²) in [5.74, 6) is 0. The number of halogens is 1. The lowest BCUT2D eigenvalue weighted by molar-refractivity contribution is -0.195. The number of benzene rings is 1. The van der Waals surface area contributed by atoms with E-state index in [4.69, 9.17) is 15.2 Å². The molecule has 3 unspecified atom stereocenters. The van der Waals surface area contributed by atoms with Crippen molar-refractivity contribution in [3.05, 3.63) is 28.2 Å². The summed E-state index contributed by atoms with van der Waals surface area (Å²) in [6.45, 7) is 2.53. The van der Waals surface area contributed by atoms with Crippen molar-refractivity contribution in [2.75, 3.05) is 13.2 Å². The summed E-state index contributed by atoms with van der Waals surface area (Å²) >= 11 is 4.69. The van der Waals surface area contributed by atoms with E-state index in [1.807, 2.05) is 13.0 Å². The number of nitriles is 1. The summed E-state index contributed by atoms with van der Waals surface area (Å²) in [6.07, 6.45) is -0.856. The second kappa shape index (κ2) is 7.58. The van der Waals surface area contributed by atoms with Crippen LogP contribution in [0.2, 0.25) is 0 Å². The van der Waals surface area contributed by atoms with E-state index < -0.39 is 11.5 Å². The zero-order valence-electron chi connectivity index (χ0n) is 11.5. The van der Waals surface area contributed by atoms with Crippen LogP contribution in [0.25, 0.3) is 0 Å². The summed E-state index contributed by atoms with van der Waals surface area (Å²) in [7, 11) is 0. The summed E-state index contributed by atoms with van der Waals surface area (Å²) in [4.78, 5) is 0.747. The lowest BCUT2D eigenvalue weighted by Crippen LogP contribution is -2.48. The minimum atomic E-state index is -0.812. The van der Waals surface area contributed by atoms with Crippen LogP contribution < -0.4 is 5.73 Å². The first kappa shape index (κ1) is 16.7. The van der Waals surface area contributed by atoms with Gasteiger partial charge >= 0.3 is 0 Å². The second-order valence-corrected chi connectivity index (χ2v) is 6.81. The minimum absolute atomic E-state index is 0.0102. The minimum Gasteiger partial charge on any atom is -0.388 e. The molecule has 7 heteroatoms. The first-order chi connectivity index (χ1) is 10.0. The van der Waals surface area contributed by atoms with Gasteiger partial charge in [-0.1, -0.05) is 27.7 Å². The van der Waals surface area contributed by atoms with Gasteiger partial charge in [0.05, 0.1) is 18.3 Å². The molecule has 1 aliphatic heterocycles. The molecule has 0 radical (unpaired) electrons. The molecular formula is C14H17BrN2O3S. The molecule has 5 nitrogen and oxygen atoms in total. The number of ether oxygens (including phenoxy) is 2. The van der Waals surface area contributed by atoms with Crippen LogP contribution in [-0.4, -0.2) is 42.0 Å². The number of nitrogens with zero attached hydrogens (tertiary/aromatic N) is 1. The Morgan fingerprint density at radius 1 is 1.67 bits per heavy atom. The molecule has 1 aromatic rings. The van der Waals surface area contributed by atoms with Crippen LogP contribution in [0.4, 0.5) is 0 Å². The fraction of sp³-hybridized carbons (Fsp3) is 0.500. The molecule has 1 saturated heterocycles. The number of hydrogen-bond donors (Lipinski definition) is 2. The highest BCUT2D eigenvalue weighted by Gasteiger charge is 2.34. The summed E-state index contributed by atoms with van der Waals surface area (Å²) in [5.41, 5.74) is 5.55. The predicted molar refractivity (Wildman–Crippen MR) is 83.9 cm³/mol. The Morgan fingerprint density at radius 3 is 2.95 bits per heavy atom. The van der Waals surface area contributed by atoms with Crippen molar-refractivity contribution in [3.8, 4) is 6.07 Å². The van der Waals surface area contributed by atoms with E-state index in [9.17, 15) is 10.4 Å². The van der Waals surface area contributed by atoms with Gasteiger partial charge in [-0.3, -0.25) is 0 Å². The molecule has 0 aliphatic carbocycles. The van der Waals surface area contributed by atoms with Gasteiger partial charge in [-0.15, -0.1) is 0 Å². The summed E-state index contributed by atoms with van der Waals surface area (Å²) in [6, 6.07) is 7.51. The topological polar surface area (TPSA) is 88.5 Å². The number of rotatable bonds is 6. The number of hydrogen-bond acceptors (Lipinski definition) is 6. The molecule has 0 bridgehead atoms. The maximum absolute atomic E-state index is 10.1. The van der Waals surface area contributed by atoms with Crippen LogP contribution in [0, 0.1) is 11.3 Å². The van der Waals surface area contributed by atoms with Crippen LogP contribution in [0.3, 0.4) is 0 Å². The molecule has 1 fully saturated rings. The molecule has 1 aliphatic rings. The van der Waals surface area contributed by atoms with Gasteiger partial charge in [0.25, 0.3) is 0 Å². The quantitative estimate of drug-likeness (QED) is 0.585. The van der Waals surface area contributed by atoms with Gasteiger partial charge in [0.2, 0.25) is 0 Å². The van der Waals surface area contributed by atoms with Gasteiger partial charge in [-0.2, -0.15) is 5.26 Å². The largest absolute Gasteiger partial charge is 0.388 e. The highest BCUT2D eigenvalue weighted by atomic mass is 79.9. The monoisotopic (exact) mass is 372 g/mol. The molecule has 0 saturated carbocycles. The van der Waals surface area contributed by atoms with Gasteiger partial charge in [-0.25, -0.2) is 0 Å². The van der Waals surface area contributed by atoms with E-state index in [0.717, 1.165) is 9.37 Å². The van der Waals surface area contributed by atoms with Crippen molar-refractivity contribution in [2.45, 2.75) is 35.6 Å². The zero-order valence-corrected chi connectivity index (χ0v) is 13.9. The fourth-order valence-electron chi connectivity index (χ4n) is 1.81. The molecule has 1 aromatic carbocycles. The maximum atomic E-state index is 10.1. The lowest BCUT2D eigenvalue weighted by atomic mass is 10.1. The Hall–Kier alpha value is -0.620. The van der Waals surface area contributed by atoms with Crippen molar-refractivity contribution >= 4 is 27.7 Å². The molecule has 0 spiro atoms. The zero-order chi connectivity index (χ0) is 15.4. The van der Waals surface area contributed by atoms with Crippen molar-refractivity contribution in [3.63, 3.8) is 0 Å². The van der Waals surface area contributed by atoms with Crippen molar-refractivity contribution in [1.82, 2.24) is 0 Å². The number of aliphatic hydroxyl groups is 1. The Balaban J connectivity index is 2.14. The number of thioether (sulfide) groups is 1. The molecule has 3 N–H and O–H groups in total. The SMILES string of the molecule is CC1OCC1OC(Sc1cc(Br)ccc1C#N)[C@@H](O)CN. The van der Waals surface area contributed by atoms with Crippen LogP contribution in [0.1, 0.15) is 12.5 Å². The summed E-state index contributed by atoms with van der Waals surface area (Å²) in [5, 5.41) is 19.2. The van der Waals surface area contributed by atoms with Crippen LogP contribution in [0.15, 0.2) is 27.6 Å². The molecule has 21 heavy (non-hydrogen) atoms. The van der Waals surface area contributed by atoms with Crippen LogP contribution >= 0.6 is 27.7 Å². The number of aliphatic hydroxyl groups excluding tert-OH is 1. The molecule has 114 valence electrons. The highest BCUT2D eigenvalue weighted by molar-refractivity contribution is 9.10. The first-order valence-electron chi connectivity index (χ1n) is 6.56. The lowest BCUT2D eigenvalue weighted by Gasteiger charge is -2.37. The van der Waals surface area contributed by atoms with E-state index in [-0.39, 0.29) is 18.8 Å². The van der Waals surface area contributed by atoms with Gasteiger partial charge in [0, 0.05) is 15.9 Å². The van der Waals surface area contributed by atoms with E-state index in [0.29, 0.717) is 12.2 Å². The Labute approximate surface area is 136 Å². The van der Waals surface area contributed by atoms with Crippen molar-refractivity contribution in [1.29, 1.82) is 5.26 Å². The van der Waals surface area contributed by atoms with Crippen LogP contribution in [0.5, 0.6) is 0 Å². The first-order valence-corrected chi connectivity index (χ1v) is 8.24. The van der Waals surface area contributed by atoms with E-state index >= 15 is 0 Å². The normalized spacial score (nSPS) is 24.0. The Bertz CT molecular complexity index is 537. The Kier molecular flexibility index (Phi) is 6.05. The highest BCUT2D eigenvalue weighted by Crippen LogP contribution is 2.33. The van der Waals surface area contributed by atoms with Gasteiger partial charge in [0.1, 0.15) is 23.7 Å². The smallest absolute Gasteiger partial charge is 0.135 e. The standard InChI is InChI=1S/C14H17BrN2O3S/c1-8-12(7-19-8)20-14(11(18)6-17)21-13-4-10(15)3-2-9(13)5-16/h2-4,8,11-12,14,18H,6-7,17H2,1H3/t8?,11-,12?,14?/m0/s1. The van der Waals surface area contributed by atoms with Gasteiger partial charge < -0.3 is 20.3 Å². The molecule has 0 amide bonds. The molecule has 1 heterocycles. The third kappa shape index (κ3) is 4.19. The molecule has 2 rings (SSSR count). The van der Waals surface area contributed by atoms with Crippen molar-refractivity contribution in [2.24, 2.45) is 5.73 Å². The van der Waals surface area contributed by atoms with E-state index in [1.54, 1.807) is 12.1 Å². The Morgan fingerprint density at radius 2 is 2.43 bits per heavy atom. The van der Waals surface area contributed by atoms with Gasteiger partial charge in [0.15, 0.2) is 0 Å². The third-order valence-corrected chi connectivity index (χ3v) is 4.96. The molecule has 4 atom stereocenters. The number of nitrogens with two attached hydrogens (primary N) is 1. The average Bonchev–Trinajstić information content (AvgIpc) is 2.49. The third-order valence-electron chi connectivity index (χ3n) is 3.22. The maximum Gasteiger partial charge on any atom is 0.135 e. The average molecular weight is 373 g/mol.